The minimum absolute atomic E-state index is 0.0473. The third-order valence-electron chi connectivity index (χ3n) is 3.60. The standard InChI is InChI=1S/C13H18N2O4/c1-9(13(17)18)14-4-6-15(7-5-14)12(16)11-3-8-19-10(11)2/h3,8-9H,4-7H2,1-2H3,(H,17,18). The molecule has 1 aliphatic heterocycles. The average Bonchev–Trinajstić information content (AvgIpc) is 2.83. The van der Waals surface area contributed by atoms with E-state index in [1.54, 1.807) is 24.8 Å². The highest BCUT2D eigenvalue weighted by molar-refractivity contribution is 5.95. The van der Waals surface area contributed by atoms with Gasteiger partial charge in [-0.1, -0.05) is 0 Å². The molecule has 6 nitrogen and oxygen atoms in total. The molecule has 19 heavy (non-hydrogen) atoms. The number of carboxylic acid groups (broad SMARTS) is 1. The quantitative estimate of drug-likeness (QED) is 0.876. The zero-order valence-electron chi connectivity index (χ0n) is 11.1. The first-order valence-corrected chi connectivity index (χ1v) is 6.31. The molecule has 1 fully saturated rings. The second-order valence-corrected chi connectivity index (χ2v) is 4.73. The Bertz CT molecular complexity index is 475. The molecule has 2 heterocycles. The predicted molar refractivity (Wildman–Crippen MR) is 68.0 cm³/mol. The third-order valence-corrected chi connectivity index (χ3v) is 3.60. The first kappa shape index (κ1) is 13.6. The van der Waals surface area contributed by atoms with E-state index in [9.17, 15) is 9.59 Å². The van der Waals surface area contributed by atoms with Gasteiger partial charge in [-0.05, 0) is 19.9 Å². The van der Waals surface area contributed by atoms with Crippen LogP contribution in [-0.4, -0.2) is 59.0 Å². The molecule has 0 aliphatic carbocycles. The van der Waals surface area contributed by atoms with E-state index in [1.807, 2.05) is 4.90 Å². The summed E-state index contributed by atoms with van der Waals surface area (Å²) in [5.74, 6) is -0.259. The van der Waals surface area contributed by atoms with Gasteiger partial charge in [0.05, 0.1) is 11.8 Å². The van der Waals surface area contributed by atoms with Crippen molar-refractivity contribution in [2.75, 3.05) is 26.2 Å². The van der Waals surface area contributed by atoms with Gasteiger partial charge < -0.3 is 14.4 Å². The molecular formula is C13H18N2O4. The molecule has 104 valence electrons. The Morgan fingerprint density at radius 3 is 2.42 bits per heavy atom. The smallest absolute Gasteiger partial charge is 0.320 e. The molecule has 1 aromatic heterocycles. The monoisotopic (exact) mass is 266 g/mol. The minimum atomic E-state index is -0.828. The summed E-state index contributed by atoms with van der Waals surface area (Å²) in [6.07, 6.45) is 1.51. The Balaban J connectivity index is 1.95. The Kier molecular flexibility index (Phi) is 3.90. The summed E-state index contributed by atoms with van der Waals surface area (Å²) in [4.78, 5) is 26.7. The Morgan fingerprint density at radius 1 is 1.32 bits per heavy atom. The van der Waals surface area contributed by atoms with Crippen LogP contribution in [0.1, 0.15) is 23.0 Å². The molecule has 0 saturated carbocycles. The number of carbonyl (C=O) groups is 2. The molecule has 1 unspecified atom stereocenters. The number of rotatable bonds is 3. The van der Waals surface area contributed by atoms with Crippen molar-refractivity contribution in [3.8, 4) is 0 Å². The molecular weight excluding hydrogens is 248 g/mol. The van der Waals surface area contributed by atoms with E-state index >= 15 is 0 Å². The summed E-state index contributed by atoms with van der Waals surface area (Å²) in [6.45, 7) is 5.67. The van der Waals surface area contributed by atoms with Gasteiger partial charge in [0.2, 0.25) is 0 Å². The summed E-state index contributed by atoms with van der Waals surface area (Å²) in [5, 5.41) is 8.96. The van der Waals surface area contributed by atoms with E-state index in [-0.39, 0.29) is 5.91 Å². The average molecular weight is 266 g/mol. The maximum atomic E-state index is 12.2. The Hall–Kier alpha value is -1.82. The van der Waals surface area contributed by atoms with Gasteiger partial charge in [0.25, 0.3) is 5.91 Å². The van der Waals surface area contributed by atoms with Crippen LogP contribution in [0.25, 0.3) is 0 Å². The number of nitrogens with zero attached hydrogens (tertiary/aromatic N) is 2. The van der Waals surface area contributed by atoms with Crippen molar-refractivity contribution in [1.29, 1.82) is 0 Å². The van der Waals surface area contributed by atoms with E-state index in [1.165, 1.54) is 6.26 Å². The van der Waals surface area contributed by atoms with Crippen LogP contribution in [0.15, 0.2) is 16.7 Å². The summed E-state index contributed by atoms with van der Waals surface area (Å²) in [5.41, 5.74) is 0.583. The van der Waals surface area contributed by atoms with Gasteiger partial charge in [0.1, 0.15) is 11.8 Å². The van der Waals surface area contributed by atoms with E-state index in [0.29, 0.717) is 37.5 Å². The number of carboxylic acids is 1. The molecule has 1 saturated heterocycles. The summed E-state index contributed by atoms with van der Waals surface area (Å²) in [7, 11) is 0. The van der Waals surface area contributed by atoms with Crippen LogP contribution in [0.2, 0.25) is 0 Å². The molecule has 1 aromatic rings. The van der Waals surface area contributed by atoms with Crippen LogP contribution in [0.3, 0.4) is 0 Å². The van der Waals surface area contributed by atoms with Crippen molar-refractivity contribution in [2.45, 2.75) is 19.9 Å². The van der Waals surface area contributed by atoms with Gasteiger partial charge in [-0.2, -0.15) is 0 Å². The van der Waals surface area contributed by atoms with Crippen LogP contribution in [-0.2, 0) is 4.79 Å². The first-order chi connectivity index (χ1) is 9.00. The molecule has 2 rings (SSSR count). The largest absolute Gasteiger partial charge is 0.480 e. The number of aliphatic carboxylic acids is 1. The Morgan fingerprint density at radius 2 is 1.95 bits per heavy atom. The van der Waals surface area contributed by atoms with Gasteiger partial charge in [0, 0.05) is 26.2 Å². The number of hydrogen-bond donors (Lipinski definition) is 1. The topological polar surface area (TPSA) is 74.0 Å². The second-order valence-electron chi connectivity index (χ2n) is 4.73. The summed E-state index contributed by atoms with van der Waals surface area (Å²) < 4.78 is 5.13. The maximum absolute atomic E-state index is 12.2. The fourth-order valence-corrected chi connectivity index (χ4v) is 2.25. The van der Waals surface area contributed by atoms with Crippen LogP contribution in [0.5, 0.6) is 0 Å². The zero-order chi connectivity index (χ0) is 14.0. The number of piperazine rings is 1. The lowest BCUT2D eigenvalue weighted by atomic mass is 10.2. The highest BCUT2D eigenvalue weighted by Gasteiger charge is 2.28. The van der Waals surface area contributed by atoms with Crippen molar-refractivity contribution < 1.29 is 19.1 Å². The molecule has 6 heteroatoms. The molecule has 1 atom stereocenters. The first-order valence-electron chi connectivity index (χ1n) is 6.31. The van der Waals surface area contributed by atoms with Crippen molar-refractivity contribution in [2.24, 2.45) is 0 Å². The molecule has 0 bridgehead atoms. The fraction of sp³-hybridized carbons (Fsp3) is 0.538. The van der Waals surface area contributed by atoms with E-state index in [2.05, 4.69) is 0 Å². The summed E-state index contributed by atoms with van der Waals surface area (Å²) >= 11 is 0. The molecule has 0 spiro atoms. The van der Waals surface area contributed by atoms with Crippen LogP contribution >= 0.6 is 0 Å². The minimum Gasteiger partial charge on any atom is -0.480 e. The van der Waals surface area contributed by atoms with Crippen LogP contribution < -0.4 is 0 Å². The predicted octanol–water partition coefficient (Wildman–Crippen LogP) is 0.819. The van der Waals surface area contributed by atoms with Gasteiger partial charge in [0.15, 0.2) is 0 Å². The highest BCUT2D eigenvalue weighted by Crippen LogP contribution is 2.14. The van der Waals surface area contributed by atoms with Crippen molar-refractivity contribution in [3.05, 3.63) is 23.7 Å². The van der Waals surface area contributed by atoms with E-state index in [0.717, 1.165) is 0 Å². The lowest BCUT2D eigenvalue weighted by Gasteiger charge is -2.36. The highest BCUT2D eigenvalue weighted by atomic mass is 16.4. The van der Waals surface area contributed by atoms with Gasteiger partial charge >= 0.3 is 5.97 Å². The van der Waals surface area contributed by atoms with E-state index < -0.39 is 12.0 Å². The van der Waals surface area contributed by atoms with Gasteiger partial charge in [-0.15, -0.1) is 0 Å². The molecule has 1 aliphatic rings. The number of amides is 1. The summed E-state index contributed by atoms with van der Waals surface area (Å²) in [6, 6.07) is 1.16. The zero-order valence-corrected chi connectivity index (χ0v) is 11.1. The van der Waals surface area contributed by atoms with Crippen molar-refractivity contribution >= 4 is 11.9 Å². The lowest BCUT2D eigenvalue weighted by Crippen LogP contribution is -2.53. The SMILES string of the molecule is Cc1occc1C(=O)N1CCN(C(C)C(=O)O)CC1. The molecule has 1 amide bonds. The Labute approximate surface area is 111 Å². The van der Waals surface area contributed by atoms with Crippen molar-refractivity contribution in [1.82, 2.24) is 9.80 Å². The van der Waals surface area contributed by atoms with E-state index in [4.69, 9.17) is 9.52 Å². The second kappa shape index (κ2) is 5.44. The number of carbonyl (C=O) groups excluding carboxylic acids is 1. The van der Waals surface area contributed by atoms with Gasteiger partial charge in [-0.25, -0.2) is 0 Å². The third kappa shape index (κ3) is 2.78. The molecule has 0 aromatic carbocycles. The van der Waals surface area contributed by atoms with Crippen LogP contribution in [0, 0.1) is 6.92 Å². The number of hydrogen-bond acceptors (Lipinski definition) is 4. The lowest BCUT2D eigenvalue weighted by molar-refractivity contribution is -0.143. The van der Waals surface area contributed by atoms with Crippen molar-refractivity contribution in [3.63, 3.8) is 0 Å². The normalized spacial score (nSPS) is 18.3. The fourth-order valence-electron chi connectivity index (χ4n) is 2.25. The molecule has 0 radical (unpaired) electrons. The number of furan rings is 1. The van der Waals surface area contributed by atoms with Crippen LogP contribution in [0.4, 0.5) is 0 Å². The van der Waals surface area contributed by atoms with Gasteiger partial charge in [-0.3, -0.25) is 14.5 Å². The number of aryl methyl sites for hydroxylation is 1. The molecule has 1 N–H and O–H groups in total. The maximum Gasteiger partial charge on any atom is 0.320 e.